The van der Waals surface area contributed by atoms with Crippen LogP contribution in [0.1, 0.15) is 40.0 Å². The standard InChI is InChI=1S/C21H33N3O3.2ClH/c1-5-27-18-13-21(22,20(18,2)3)19(25)23-15-8-7-11-24(14-15)16-9-6-10-17(12-16)26-4;;/h6,9-10,12,15,18H,5,7-8,11,13-14,22H2,1-4H3,(H,23,25);2*1H. The molecule has 0 aromatic heterocycles. The highest BCUT2D eigenvalue weighted by Crippen LogP contribution is 2.49. The first-order chi connectivity index (χ1) is 12.8. The highest BCUT2D eigenvalue weighted by Gasteiger charge is 2.63. The van der Waals surface area contributed by atoms with Gasteiger partial charge in [-0.2, -0.15) is 0 Å². The number of carbonyl (C=O) groups excluding carboxylic acids is 1. The van der Waals surface area contributed by atoms with Crippen molar-refractivity contribution < 1.29 is 14.3 Å². The van der Waals surface area contributed by atoms with Gasteiger partial charge in [0.05, 0.1) is 13.2 Å². The highest BCUT2D eigenvalue weighted by atomic mass is 35.5. The van der Waals surface area contributed by atoms with Crippen LogP contribution in [0, 0.1) is 5.41 Å². The largest absolute Gasteiger partial charge is 0.497 e. The molecule has 1 saturated heterocycles. The fourth-order valence-electron chi connectivity index (χ4n) is 4.27. The molecule has 1 aliphatic heterocycles. The average Bonchev–Trinajstić information content (AvgIpc) is 2.67. The Morgan fingerprint density at radius 2 is 2.07 bits per heavy atom. The van der Waals surface area contributed by atoms with Crippen LogP contribution in [0.3, 0.4) is 0 Å². The van der Waals surface area contributed by atoms with Crippen LogP contribution in [0.15, 0.2) is 24.3 Å². The molecule has 2 aliphatic rings. The zero-order valence-corrected chi connectivity index (χ0v) is 19.4. The van der Waals surface area contributed by atoms with Crippen molar-refractivity contribution in [3.8, 4) is 5.75 Å². The second-order valence-corrected chi connectivity index (χ2v) is 8.30. The number of hydrogen-bond donors (Lipinski definition) is 2. The molecule has 2 fully saturated rings. The van der Waals surface area contributed by atoms with Crippen LogP contribution in [0.5, 0.6) is 5.75 Å². The lowest BCUT2D eigenvalue weighted by molar-refractivity contribution is -0.171. The molecule has 3 unspecified atom stereocenters. The predicted molar refractivity (Wildman–Crippen MR) is 122 cm³/mol. The molecular formula is C21H35Cl2N3O3. The topological polar surface area (TPSA) is 76.8 Å². The number of ether oxygens (including phenoxy) is 2. The number of anilines is 1. The minimum atomic E-state index is -0.870. The summed E-state index contributed by atoms with van der Waals surface area (Å²) in [4.78, 5) is 15.3. The fourth-order valence-corrected chi connectivity index (χ4v) is 4.27. The van der Waals surface area contributed by atoms with Gasteiger partial charge >= 0.3 is 0 Å². The second-order valence-electron chi connectivity index (χ2n) is 8.30. The molecule has 1 amide bonds. The molecular weight excluding hydrogens is 413 g/mol. The molecule has 3 atom stereocenters. The Balaban J connectivity index is 0.00000210. The molecule has 1 heterocycles. The molecule has 0 bridgehead atoms. The summed E-state index contributed by atoms with van der Waals surface area (Å²) in [6, 6.07) is 8.16. The van der Waals surface area contributed by atoms with Crippen molar-refractivity contribution in [1.29, 1.82) is 0 Å². The molecule has 166 valence electrons. The quantitative estimate of drug-likeness (QED) is 0.699. The van der Waals surface area contributed by atoms with Crippen LogP contribution in [-0.4, -0.2) is 50.4 Å². The van der Waals surface area contributed by atoms with E-state index in [1.54, 1.807) is 7.11 Å². The summed E-state index contributed by atoms with van der Waals surface area (Å²) in [5, 5.41) is 3.22. The van der Waals surface area contributed by atoms with Crippen molar-refractivity contribution in [2.45, 2.75) is 57.7 Å². The van der Waals surface area contributed by atoms with Gasteiger partial charge in [0, 0.05) is 49.3 Å². The Bertz CT molecular complexity index is 689. The molecule has 3 rings (SSSR count). The van der Waals surface area contributed by atoms with E-state index in [0.717, 1.165) is 37.4 Å². The highest BCUT2D eigenvalue weighted by molar-refractivity contribution is 5.89. The number of methoxy groups -OCH3 is 1. The lowest BCUT2D eigenvalue weighted by Gasteiger charge is -2.58. The maximum absolute atomic E-state index is 13.0. The van der Waals surface area contributed by atoms with Gasteiger partial charge in [0.1, 0.15) is 11.3 Å². The van der Waals surface area contributed by atoms with Crippen molar-refractivity contribution in [3.05, 3.63) is 24.3 Å². The molecule has 6 nitrogen and oxygen atoms in total. The SMILES string of the molecule is CCOC1CC(N)(C(=O)NC2CCCN(c3cccc(OC)c3)C2)C1(C)C.Cl.Cl. The molecule has 3 N–H and O–H groups in total. The Labute approximate surface area is 186 Å². The second kappa shape index (κ2) is 10.2. The van der Waals surface area contributed by atoms with Crippen molar-refractivity contribution in [2.24, 2.45) is 11.1 Å². The van der Waals surface area contributed by atoms with E-state index in [9.17, 15) is 4.79 Å². The summed E-state index contributed by atoms with van der Waals surface area (Å²) in [5.74, 6) is 0.790. The number of nitrogens with two attached hydrogens (primary N) is 1. The smallest absolute Gasteiger partial charge is 0.241 e. The number of amides is 1. The molecule has 1 saturated carbocycles. The average molecular weight is 448 g/mol. The van der Waals surface area contributed by atoms with E-state index in [-0.39, 0.29) is 48.3 Å². The number of nitrogens with one attached hydrogen (secondary N) is 1. The molecule has 0 spiro atoms. The van der Waals surface area contributed by atoms with Gasteiger partial charge in [-0.25, -0.2) is 0 Å². The number of nitrogens with zero attached hydrogens (tertiary/aromatic N) is 1. The van der Waals surface area contributed by atoms with E-state index < -0.39 is 5.54 Å². The number of benzene rings is 1. The Kier molecular flexibility index (Phi) is 9.09. The Morgan fingerprint density at radius 3 is 2.69 bits per heavy atom. The first kappa shape index (κ1) is 25.8. The minimum absolute atomic E-state index is 0. The van der Waals surface area contributed by atoms with Gasteiger partial charge in [0.25, 0.3) is 0 Å². The Morgan fingerprint density at radius 1 is 1.34 bits per heavy atom. The minimum Gasteiger partial charge on any atom is -0.497 e. The van der Waals surface area contributed by atoms with Crippen molar-refractivity contribution in [1.82, 2.24) is 5.32 Å². The maximum Gasteiger partial charge on any atom is 0.241 e. The third kappa shape index (κ3) is 4.93. The van der Waals surface area contributed by atoms with Crippen molar-refractivity contribution in [2.75, 3.05) is 31.7 Å². The van der Waals surface area contributed by atoms with Crippen LogP contribution in [0.4, 0.5) is 5.69 Å². The van der Waals surface area contributed by atoms with Gasteiger partial charge in [-0.3, -0.25) is 4.79 Å². The van der Waals surface area contributed by atoms with Gasteiger partial charge in [-0.1, -0.05) is 19.9 Å². The van der Waals surface area contributed by atoms with Crippen LogP contribution in [0.2, 0.25) is 0 Å². The monoisotopic (exact) mass is 447 g/mol. The summed E-state index contributed by atoms with van der Waals surface area (Å²) in [6.45, 7) is 8.43. The summed E-state index contributed by atoms with van der Waals surface area (Å²) < 4.78 is 11.1. The van der Waals surface area contributed by atoms with Gasteiger partial charge < -0.3 is 25.4 Å². The first-order valence-electron chi connectivity index (χ1n) is 9.92. The van der Waals surface area contributed by atoms with E-state index in [4.69, 9.17) is 15.2 Å². The number of carbonyl (C=O) groups is 1. The number of piperidine rings is 1. The lowest BCUT2D eigenvalue weighted by atomic mass is 9.54. The van der Waals surface area contributed by atoms with Crippen LogP contribution >= 0.6 is 24.8 Å². The van der Waals surface area contributed by atoms with E-state index in [1.807, 2.05) is 39.0 Å². The van der Waals surface area contributed by atoms with Gasteiger partial charge in [-0.05, 0) is 31.9 Å². The van der Waals surface area contributed by atoms with Crippen molar-refractivity contribution in [3.63, 3.8) is 0 Å². The predicted octanol–water partition coefficient (Wildman–Crippen LogP) is 3.16. The molecule has 0 radical (unpaired) electrons. The summed E-state index contributed by atoms with van der Waals surface area (Å²) in [5.41, 5.74) is 6.41. The van der Waals surface area contributed by atoms with Gasteiger partial charge in [0.2, 0.25) is 5.91 Å². The zero-order valence-electron chi connectivity index (χ0n) is 17.8. The van der Waals surface area contributed by atoms with E-state index in [2.05, 4.69) is 16.3 Å². The summed E-state index contributed by atoms with van der Waals surface area (Å²) in [6.07, 6.45) is 2.62. The summed E-state index contributed by atoms with van der Waals surface area (Å²) >= 11 is 0. The fraction of sp³-hybridized carbons (Fsp3) is 0.667. The third-order valence-corrected chi connectivity index (χ3v) is 6.41. The Hall–Kier alpha value is -1.21. The normalized spacial score (nSPS) is 27.7. The van der Waals surface area contributed by atoms with Gasteiger partial charge in [-0.15, -0.1) is 24.8 Å². The first-order valence-corrected chi connectivity index (χ1v) is 9.92. The van der Waals surface area contributed by atoms with E-state index in [0.29, 0.717) is 13.0 Å². The van der Waals surface area contributed by atoms with Gasteiger partial charge in [0.15, 0.2) is 0 Å². The van der Waals surface area contributed by atoms with Crippen molar-refractivity contribution >= 4 is 36.4 Å². The number of rotatable bonds is 6. The summed E-state index contributed by atoms with van der Waals surface area (Å²) in [7, 11) is 1.68. The van der Waals surface area contributed by atoms with Crippen LogP contribution in [0.25, 0.3) is 0 Å². The molecule has 8 heteroatoms. The molecule has 1 aromatic rings. The molecule has 1 aromatic carbocycles. The van der Waals surface area contributed by atoms with Crippen LogP contribution < -0.4 is 20.7 Å². The van der Waals surface area contributed by atoms with E-state index in [1.165, 1.54) is 0 Å². The lowest BCUT2D eigenvalue weighted by Crippen LogP contribution is -2.76. The zero-order chi connectivity index (χ0) is 19.7. The van der Waals surface area contributed by atoms with E-state index >= 15 is 0 Å². The van der Waals surface area contributed by atoms with Crippen LogP contribution in [-0.2, 0) is 9.53 Å². The number of halogens is 2. The molecule has 1 aliphatic carbocycles. The maximum atomic E-state index is 13.0. The number of hydrogen-bond acceptors (Lipinski definition) is 5. The third-order valence-electron chi connectivity index (χ3n) is 6.41. The molecule has 29 heavy (non-hydrogen) atoms.